The third-order valence-corrected chi connectivity index (χ3v) is 7.51. The standard InChI is InChI=1S/C28H29N3O4S/c1-2-20-10-6-12-23-21(17-30(26(20)23)18-25(32)29-15-22-11-7-13-35-22)14-24-27(33)31(28(34)36-24)16-19-8-4-3-5-9-19/h3-6,8-10,12,14,17,22H,2,7,11,13,15-16,18H2,1H3,(H,29,32)/b24-14-/t22-/m1/s1. The van der Waals surface area contributed by atoms with E-state index in [1.807, 2.05) is 53.2 Å². The molecule has 3 aromatic rings. The van der Waals surface area contributed by atoms with Crippen LogP contribution in [0.15, 0.2) is 59.6 Å². The summed E-state index contributed by atoms with van der Waals surface area (Å²) in [6, 6.07) is 15.5. The summed E-state index contributed by atoms with van der Waals surface area (Å²) in [7, 11) is 0. The van der Waals surface area contributed by atoms with E-state index < -0.39 is 0 Å². The van der Waals surface area contributed by atoms with Gasteiger partial charge in [-0.15, -0.1) is 0 Å². The van der Waals surface area contributed by atoms with Crippen LogP contribution in [0.1, 0.15) is 36.5 Å². The minimum absolute atomic E-state index is 0.0805. The predicted octanol–water partition coefficient (Wildman–Crippen LogP) is 4.74. The summed E-state index contributed by atoms with van der Waals surface area (Å²) in [5.41, 5.74) is 3.81. The molecule has 0 saturated carbocycles. The molecular weight excluding hydrogens is 474 g/mol. The molecule has 2 fully saturated rings. The first kappa shape index (κ1) is 24.3. The highest BCUT2D eigenvalue weighted by molar-refractivity contribution is 8.18. The summed E-state index contributed by atoms with van der Waals surface area (Å²) in [5, 5.41) is 3.67. The van der Waals surface area contributed by atoms with Gasteiger partial charge in [0.2, 0.25) is 5.91 Å². The van der Waals surface area contributed by atoms with Gasteiger partial charge >= 0.3 is 0 Å². The zero-order valence-electron chi connectivity index (χ0n) is 20.2. The molecule has 8 heteroatoms. The highest BCUT2D eigenvalue weighted by atomic mass is 32.2. The van der Waals surface area contributed by atoms with Crippen molar-refractivity contribution in [2.75, 3.05) is 13.2 Å². The lowest BCUT2D eigenvalue weighted by atomic mass is 10.1. The second-order valence-electron chi connectivity index (χ2n) is 9.07. The lowest BCUT2D eigenvalue weighted by molar-refractivity contribution is -0.123. The molecular formula is C28H29N3O4S. The van der Waals surface area contributed by atoms with Crippen LogP contribution in [-0.4, -0.2) is 45.8 Å². The molecule has 0 radical (unpaired) electrons. The molecule has 7 nitrogen and oxygen atoms in total. The van der Waals surface area contributed by atoms with Crippen LogP contribution in [0.25, 0.3) is 17.0 Å². The summed E-state index contributed by atoms with van der Waals surface area (Å²) in [6.45, 7) is 3.76. The zero-order chi connectivity index (χ0) is 25.1. The van der Waals surface area contributed by atoms with Crippen molar-refractivity contribution in [3.8, 4) is 0 Å². The lowest BCUT2D eigenvalue weighted by Crippen LogP contribution is -2.34. The first-order valence-electron chi connectivity index (χ1n) is 12.3. The number of para-hydroxylation sites is 1. The van der Waals surface area contributed by atoms with Gasteiger partial charge in [0.05, 0.1) is 23.1 Å². The van der Waals surface area contributed by atoms with Gasteiger partial charge < -0.3 is 14.6 Å². The van der Waals surface area contributed by atoms with Crippen molar-refractivity contribution in [1.29, 1.82) is 0 Å². The Morgan fingerprint density at radius 1 is 1.17 bits per heavy atom. The molecule has 1 N–H and O–H groups in total. The van der Waals surface area contributed by atoms with Crippen LogP contribution in [0.5, 0.6) is 0 Å². The van der Waals surface area contributed by atoms with Crippen molar-refractivity contribution in [3.63, 3.8) is 0 Å². The molecule has 5 rings (SSSR count). The monoisotopic (exact) mass is 503 g/mol. The lowest BCUT2D eigenvalue weighted by Gasteiger charge is -2.12. The molecule has 2 aliphatic heterocycles. The summed E-state index contributed by atoms with van der Waals surface area (Å²) in [4.78, 5) is 40.2. The van der Waals surface area contributed by atoms with E-state index in [-0.39, 0.29) is 36.2 Å². The van der Waals surface area contributed by atoms with E-state index in [1.54, 1.807) is 6.08 Å². The summed E-state index contributed by atoms with van der Waals surface area (Å²) in [6.07, 6.45) is 6.58. The van der Waals surface area contributed by atoms with Gasteiger partial charge in [-0.25, -0.2) is 0 Å². The maximum Gasteiger partial charge on any atom is 0.293 e. The number of hydrogen-bond acceptors (Lipinski definition) is 5. The Morgan fingerprint density at radius 2 is 2.00 bits per heavy atom. The molecule has 1 aromatic heterocycles. The van der Waals surface area contributed by atoms with E-state index in [0.29, 0.717) is 11.4 Å². The normalized spacial score (nSPS) is 19.1. The fourth-order valence-electron chi connectivity index (χ4n) is 4.78. The van der Waals surface area contributed by atoms with Gasteiger partial charge in [0.15, 0.2) is 0 Å². The number of rotatable bonds is 8. The molecule has 0 aliphatic carbocycles. The SMILES string of the molecule is CCc1cccc2c(/C=C3\SC(=O)N(Cc4ccccc4)C3=O)cn(CC(=O)NC[C@H]3CCCO3)c12. The number of hydrogen-bond donors (Lipinski definition) is 1. The largest absolute Gasteiger partial charge is 0.376 e. The zero-order valence-corrected chi connectivity index (χ0v) is 21.1. The van der Waals surface area contributed by atoms with E-state index >= 15 is 0 Å². The summed E-state index contributed by atoms with van der Waals surface area (Å²) in [5.74, 6) is -0.376. The van der Waals surface area contributed by atoms with E-state index in [9.17, 15) is 14.4 Å². The van der Waals surface area contributed by atoms with Gasteiger partial charge in [-0.3, -0.25) is 19.3 Å². The summed E-state index contributed by atoms with van der Waals surface area (Å²) < 4.78 is 7.55. The van der Waals surface area contributed by atoms with Crippen LogP contribution < -0.4 is 5.32 Å². The number of thioether (sulfide) groups is 1. The van der Waals surface area contributed by atoms with E-state index in [4.69, 9.17) is 4.74 Å². The van der Waals surface area contributed by atoms with Crippen LogP contribution in [0, 0.1) is 0 Å². The molecule has 1 atom stereocenters. The van der Waals surface area contributed by atoms with Gasteiger partial charge in [0, 0.05) is 30.3 Å². The topological polar surface area (TPSA) is 80.6 Å². The number of carbonyl (C=O) groups excluding carboxylic acids is 3. The molecule has 3 amide bonds. The molecule has 2 aliphatic rings. The van der Waals surface area contributed by atoms with Crippen molar-refractivity contribution in [1.82, 2.24) is 14.8 Å². The van der Waals surface area contributed by atoms with Crippen LogP contribution >= 0.6 is 11.8 Å². The second-order valence-corrected chi connectivity index (χ2v) is 10.1. The van der Waals surface area contributed by atoms with E-state index in [2.05, 4.69) is 18.3 Å². The average Bonchev–Trinajstić information content (AvgIpc) is 3.60. The number of fused-ring (bicyclic) bond motifs is 1. The Hall–Kier alpha value is -3.36. The van der Waals surface area contributed by atoms with Crippen molar-refractivity contribution in [2.45, 2.75) is 45.4 Å². The maximum atomic E-state index is 13.1. The smallest absolute Gasteiger partial charge is 0.293 e. The van der Waals surface area contributed by atoms with Crippen molar-refractivity contribution in [3.05, 3.63) is 76.3 Å². The van der Waals surface area contributed by atoms with Crippen LogP contribution in [-0.2, 0) is 33.8 Å². The third kappa shape index (κ3) is 5.10. The number of ether oxygens (including phenoxy) is 1. The second kappa shape index (κ2) is 10.7. The first-order chi connectivity index (χ1) is 17.5. The fraction of sp³-hybridized carbons (Fsp3) is 0.321. The molecule has 2 aromatic carbocycles. The quantitative estimate of drug-likeness (QED) is 0.450. The van der Waals surface area contributed by atoms with Crippen molar-refractivity contribution >= 4 is 45.8 Å². The number of amides is 3. The highest BCUT2D eigenvalue weighted by Gasteiger charge is 2.35. The number of carbonyl (C=O) groups is 3. The third-order valence-electron chi connectivity index (χ3n) is 6.60. The maximum absolute atomic E-state index is 13.1. The molecule has 186 valence electrons. The van der Waals surface area contributed by atoms with E-state index in [1.165, 1.54) is 4.90 Å². The van der Waals surface area contributed by atoms with Gasteiger partial charge in [0.25, 0.3) is 11.1 Å². The van der Waals surface area contributed by atoms with Gasteiger partial charge in [0.1, 0.15) is 6.54 Å². The number of nitrogens with one attached hydrogen (secondary N) is 1. The number of aryl methyl sites for hydroxylation is 1. The Balaban J connectivity index is 1.40. The number of imide groups is 1. The van der Waals surface area contributed by atoms with Gasteiger partial charge in [-0.2, -0.15) is 0 Å². The van der Waals surface area contributed by atoms with Gasteiger partial charge in [-0.05, 0) is 48.2 Å². The van der Waals surface area contributed by atoms with Crippen molar-refractivity contribution < 1.29 is 19.1 Å². The first-order valence-corrected chi connectivity index (χ1v) is 13.1. The molecule has 0 spiro atoms. The van der Waals surface area contributed by atoms with Crippen LogP contribution in [0.2, 0.25) is 0 Å². The highest BCUT2D eigenvalue weighted by Crippen LogP contribution is 2.35. The molecule has 0 unspecified atom stereocenters. The van der Waals surface area contributed by atoms with Gasteiger partial charge in [-0.1, -0.05) is 55.5 Å². The molecule has 2 saturated heterocycles. The van der Waals surface area contributed by atoms with Crippen molar-refractivity contribution in [2.24, 2.45) is 0 Å². The Labute approximate surface area is 214 Å². The summed E-state index contributed by atoms with van der Waals surface area (Å²) >= 11 is 0.956. The molecule has 36 heavy (non-hydrogen) atoms. The minimum atomic E-state index is -0.296. The Kier molecular flexibility index (Phi) is 7.25. The number of benzene rings is 2. The van der Waals surface area contributed by atoms with Crippen LogP contribution in [0.3, 0.4) is 0 Å². The number of nitrogens with zero attached hydrogens (tertiary/aromatic N) is 2. The Morgan fingerprint density at radius 3 is 2.75 bits per heavy atom. The van der Waals surface area contributed by atoms with Crippen LogP contribution in [0.4, 0.5) is 4.79 Å². The molecule has 3 heterocycles. The molecule has 0 bridgehead atoms. The fourth-order valence-corrected chi connectivity index (χ4v) is 5.61. The number of aromatic nitrogens is 1. The van der Waals surface area contributed by atoms with E-state index in [0.717, 1.165) is 65.2 Å². The average molecular weight is 504 g/mol. The predicted molar refractivity (Wildman–Crippen MR) is 141 cm³/mol. The minimum Gasteiger partial charge on any atom is -0.376 e. The Bertz CT molecular complexity index is 1330.